The standard InChI is InChI=1S/C26H22BrN3O4/c1-33-23-14-19(12-20(15-28)26(32)29-16-18-8-4-2-5-9-18)13-22(27)25(23)34-17-24(31)30-21-10-6-3-7-11-21/h2-14H,16-17H2,1H3,(H,29,32)(H,30,31). The van der Waals surface area contributed by atoms with Crippen molar-refractivity contribution < 1.29 is 19.1 Å². The maximum Gasteiger partial charge on any atom is 0.262 e. The number of nitriles is 1. The third kappa shape index (κ3) is 6.95. The quantitative estimate of drug-likeness (QED) is 0.315. The van der Waals surface area contributed by atoms with Gasteiger partial charge in [0, 0.05) is 12.2 Å². The van der Waals surface area contributed by atoms with Crippen LogP contribution in [0.5, 0.6) is 11.5 Å². The third-order valence-corrected chi connectivity index (χ3v) is 5.22. The number of hydrogen-bond donors (Lipinski definition) is 2. The highest BCUT2D eigenvalue weighted by molar-refractivity contribution is 9.10. The second kappa shape index (κ2) is 12.2. The van der Waals surface area contributed by atoms with Crippen LogP contribution in [0.25, 0.3) is 6.08 Å². The Labute approximate surface area is 206 Å². The van der Waals surface area contributed by atoms with Crippen LogP contribution in [0.2, 0.25) is 0 Å². The number of para-hydroxylation sites is 1. The Morgan fingerprint density at radius 2 is 1.74 bits per heavy atom. The van der Waals surface area contributed by atoms with Gasteiger partial charge in [0.2, 0.25) is 0 Å². The van der Waals surface area contributed by atoms with Crippen molar-refractivity contribution in [2.75, 3.05) is 19.0 Å². The zero-order valence-electron chi connectivity index (χ0n) is 18.4. The van der Waals surface area contributed by atoms with E-state index in [-0.39, 0.29) is 18.1 Å². The second-order valence-electron chi connectivity index (χ2n) is 7.08. The van der Waals surface area contributed by atoms with E-state index in [0.717, 1.165) is 5.56 Å². The summed E-state index contributed by atoms with van der Waals surface area (Å²) in [5.41, 5.74) is 2.09. The van der Waals surface area contributed by atoms with Gasteiger partial charge in [-0.05, 0) is 57.4 Å². The summed E-state index contributed by atoms with van der Waals surface area (Å²) in [6, 6.07) is 23.7. The molecule has 0 fully saturated rings. The van der Waals surface area contributed by atoms with Crippen molar-refractivity contribution in [2.45, 2.75) is 6.54 Å². The lowest BCUT2D eigenvalue weighted by Crippen LogP contribution is -2.23. The first kappa shape index (κ1) is 24.6. The van der Waals surface area contributed by atoms with E-state index in [2.05, 4.69) is 26.6 Å². The molecule has 0 heterocycles. The predicted molar refractivity (Wildman–Crippen MR) is 133 cm³/mol. The number of anilines is 1. The lowest BCUT2D eigenvalue weighted by Gasteiger charge is -2.14. The third-order valence-electron chi connectivity index (χ3n) is 4.63. The molecule has 0 saturated carbocycles. The second-order valence-corrected chi connectivity index (χ2v) is 7.93. The number of hydrogen-bond acceptors (Lipinski definition) is 5. The minimum atomic E-state index is -0.487. The molecule has 0 aromatic heterocycles. The molecule has 172 valence electrons. The van der Waals surface area contributed by atoms with Crippen LogP contribution < -0.4 is 20.1 Å². The largest absolute Gasteiger partial charge is 0.493 e. The predicted octanol–water partition coefficient (Wildman–Crippen LogP) is 4.70. The van der Waals surface area contributed by atoms with E-state index in [1.54, 1.807) is 24.3 Å². The Balaban J connectivity index is 1.69. The van der Waals surface area contributed by atoms with Crippen LogP contribution >= 0.6 is 15.9 Å². The molecule has 0 radical (unpaired) electrons. The molecular formula is C26H22BrN3O4. The highest BCUT2D eigenvalue weighted by Gasteiger charge is 2.15. The summed E-state index contributed by atoms with van der Waals surface area (Å²) < 4.78 is 11.6. The van der Waals surface area contributed by atoms with Gasteiger partial charge in [-0.2, -0.15) is 5.26 Å². The lowest BCUT2D eigenvalue weighted by atomic mass is 10.1. The highest BCUT2D eigenvalue weighted by Crippen LogP contribution is 2.37. The van der Waals surface area contributed by atoms with Gasteiger partial charge in [-0.3, -0.25) is 9.59 Å². The minimum Gasteiger partial charge on any atom is -0.493 e. The molecule has 0 unspecified atom stereocenters. The van der Waals surface area contributed by atoms with Crippen molar-refractivity contribution in [1.82, 2.24) is 5.32 Å². The van der Waals surface area contributed by atoms with E-state index < -0.39 is 5.91 Å². The van der Waals surface area contributed by atoms with Crippen molar-refractivity contribution >= 4 is 39.5 Å². The molecule has 0 saturated heterocycles. The maximum atomic E-state index is 12.5. The van der Waals surface area contributed by atoms with Gasteiger partial charge < -0.3 is 20.1 Å². The monoisotopic (exact) mass is 519 g/mol. The molecule has 0 bridgehead atoms. The molecule has 3 aromatic rings. The van der Waals surface area contributed by atoms with E-state index in [4.69, 9.17) is 9.47 Å². The summed E-state index contributed by atoms with van der Waals surface area (Å²) >= 11 is 3.42. The van der Waals surface area contributed by atoms with E-state index in [1.807, 2.05) is 54.6 Å². The van der Waals surface area contributed by atoms with E-state index in [9.17, 15) is 14.9 Å². The first-order valence-electron chi connectivity index (χ1n) is 10.3. The average molecular weight is 520 g/mol. The van der Waals surface area contributed by atoms with Gasteiger partial charge in [0.15, 0.2) is 18.1 Å². The zero-order valence-corrected chi connectivity index (χ0v) is 20.0. The van der Waals surface area contributed by atoms with Crippen LogP contribution in [0.1, 0.15) is 11.1 Å². The van der Waals surface area contributed by atoms with Crippen molar-refractivity contribution in [1.29, 1.82) is 5.26 Å². The van der Waals surface area contributed by atoms with Crippen LogP contribution in [0, 0.1) is 11.3 Å². The number of carbonyl (C=O) groups is 2. The average Bonchev–Trinajstić information content (AvgIpc) is 2.86. The van der Waals surface area contributed by atoms with Crippen LogP contribution in [-0.2, 0) is 16.1 Å². The summed E-state index contributed by atoms with van der Waals surface area (Å²) in [5.74, 6) is -0.143. The van der Waals surface area contributed by atoms with Crippen LogP contribution in [0.4, 0.5) is 5.69 Å². The summed E-state index contributed by atoms with van der Waals surface area (Å²) in [6.45, 7) is 0.0773. The van der Waals surface area contributed by atoms with Crippen molar-refractivity contribution in [3.8, 4) is 17.6 Å². The first-order chi connectivity index (χ1) is 16.5. The zero-order chi connectivity index (χ0) is 24.3. The molecule has 0 aliphatic carbocycles. The normalized spacial score (nSPS) is 10.7. The molecule has 0 aliphatic rings. The van der Waals surface area contributed by atoms with Crippen LogP contribution in [-0.4, -0.2) is 25.5 Å². The molecular weight excluding hydrogens is 498 g/mol. The molecule has 3 aromatic carbocycles. The van der Waals surface area contributed by atoms with Gasteiger partial charge in [-0.1, -0.05) is 48.5 Å². The molecule has 2 N–H and O–H groups in total. The molecule has 2 amide bonds. The Hall–Kier alpha value is -4.09. The van der Waals surface area contributed by atoms with E-state index in [1.165, 1.54) is 13.2 Å². The number of amides is 2. The number of benzene rings is 3. The highest BCUT2D eigenvalue weighted by atomic mass is 79.9. The topological polar surface area (TPSA) is 100 Å². The number of ether oxygens (including phenoxy) is 2. The number of nitrogens with zero attached hydrogens (tertiary/aromatic N) is 1. The van der Waals surface area contributed by atoms with Crippen molar-refractivity contribution in [3.05, 3.63) is 94.0 Å². The van der Waals surface area contributed by atoms with Gasteiger partial charge in [0.1, 0.15) is 11.6 Å². The minimum absolute atomic E-state index is 0.0548. The number of rotatable bonds is 9. The number of carbonyl (C=O) groups excluding carboxylic acids is 2. The van der Waals surface area contributed by atoms with E-state index >= 15 is 0 Å². The van der Waals surface area contributed by atoms with Gasteiger partial charge in [-0.15, -0.1) is 0 Å². The molecule has 0 atom stereocenters. The molecule has 8 heteroatoms. The molecule has 0 spiro atoms. The number of methoxy groups -OCH3 is 1. The van der Waals surface area contributed by atoms with E-state index in [0.29, 0.717) is 33.8 Å². The first-order valence-corrected chi connectivity index (χ1v) is 11.1. The van der Waals surface area contributed by atoms with Crippen molar-refractivity contribution in [2.24, 2.45) is 0 Å². The maximum absolute atomic E-state index is 12.5. The fraction of sp³-hybridized carbons (Fsp3) is 0.115. The Morgan fingerprint density at radius 3 is 2.38 bits per heavy atom. The Kier molecular flexibility index (Phi) is 8.83. The van der Waals surface area contributed by atoms with Crippen molar-refractivity contribution in [3.63, 3.8) is 0 Å². The molecule has 0 aliphatic heterocycles. The van der Waals surface area contributed by atoms with Gasteiger partial charge in [0.25, 0.3) is 11.8 Å². The SMILES string of the molecule is COc1cc(C=C(C#N)C(=O)NCc2ccccc2)cc(Br)c1OCC(=O)Nc1ccccc1. The molecule has 3 rings (SSSR count). The van der Waals surface area contributed by atoms with Gasteiger partial charge in [-0.25, -0.2) is 0 Å². The summed E-state index contributed by atoms with van der Waals surface area (Å²) in [6.07, 6.45) is 1.46. The molecule has 7 nitrogen and oxygen atoms in total. The summed E-state index contributed by atoms with van der Waals surface area (Å²) in [5, 5.41) is 15.0. The molecule has 34 heavy (non-hydrogen) atoms. The van der Waals surface area contributed by atoms with Crippen LogP contribution in [0.15, 0.2) is 82.8 Å². The summed E-state index contributed by atoms with van der Waals surface area (Å²) in [4.78, 5) is 24.7. The Morgan fingerprint density at radius 1 is 1.06 bits per heavy atom. The smallest absolute Gasteiger partial charge is 0.262 e. The summed E-state index contributed by atoms with van der Waals surface area (Å²) in [7, 11) is 1.46. The Bertz CT molecular complexity index is 1220. The fourth-order valence-electron chi connectivity index (χ4n) is 3.01. The van der Waals surface area contributed by atoms with Crippen LogP contribution in [0.3, 0.4) is 0 Å². The fourth-order valence-corrected chi connectivity index (χ4v) is 3.58. The number of nitrogens with one attached hydrogen (secondary N) is 2. The lowest BCUT2D eigenvalue weighted by molar-refractivity contribution is -0.118. The van der Waals surface area contributed by atoms with Gasteiger partial charge in [0.05, 0.1) is 11.6 Å². The number of halogens is 1. The van der Waals surface area contributed by atoms with Gasteiger partial charge >= 0.3 is 0 Å².